The maximum Gasteiger partial charge on any atom is 0.303 e. The molecule has 3 fully saturated rings. The highest BCUT2D eigenvalue weighted by atomic mass is 35.5. The molecule has 0 spiro atoms. The van der Waals surface area contributed by atoms with E-state index in [1.54, 1.807) is 6.92 Å². The Morgan fingerprint density at radius 2 is 1.86 bits per heavy atom. The predicted octanol–water partition coefficient (Wildman–Crippen LogP) is 4.22. The molecule has 0 radical (unpaired) electrons. The second kappa shape index (κ2) is 5.81. The number of ketones is 2. The molecule has 5 rings (SSSR count). The Morgan fingerprint density at radius 3 is 2.54 bits per heavy atom. The van der Waals surface area contributed by atoms with E-state index in [0.717, 1.165) is 36.3 Å². The standard InChI is InChI=1S/C23H27ClO4/c1-11(25)23(28-12(2)26)7-6-13-14-9-20(24)19-10-21(27)15-8-18(15)22(19,3)16(14)4-5-17(13)23/h9-10,13-18H,4-8H2,1-3H3/t13-,14-,15+,16-,17?,18?,22-,23-/m0/s1. The Hall–Kier alpha value is -1.42. The highest BCUT2D eigenvalue weighted by Crippen LogP contribution is 2.70. The minimum atomic E-state index is -0.969. The van der Waals surface area contributed by atoms with Gasteiger partial charge in [-0.05, 0) is 74.3 Å². The van der Waals surface area contributed by atoms with E-state index in [1.807, 2.05) is 6.08 Å². The molecule has 0 aromatic rings. The molecule has 0 N–H and O–H groups in total. The van der Waals surface area contributed by atoms with Gasteiger partial charge in [-0.15, -0.1) is 0 Å². The number of ether oxygens (including phenoxy) is 1. The Morgan fingerprint density at radius 1 is 1.14 bits per heavy atom. The summed E-state index contributed by atoms with van der Waals surface area (Å²) in [5, 5.41) is 0.718. The molecule has 8 atom stereocenters. The van der Waals surface area contributed by atoms with Crippen molar-refractivity contribution in [3.63, 3.8) is 0 Å². The van der Waals surface area contributed by atoms with Gasteiger partial charge in [0.25, 0.3) is 0 Å². The topological polar surface area (TPSA) is 60.4 Å². The summed E-state index contributed by atoms with van der Waals surface area (Å²) in [6.45, 7) is 5.26. The van der Waals surface area contributed by atoms with E-state index in [0.29, 0.717) is 24.2 Å². The second-order valence-corrected chi connectivity index (χ2v) is 10.2. The van der Waals surface area contributed by atoms with Gasteiger partial charge in [-0.25, -0.2) is 0 Å². The lowest BCUT2D eigenvalue weighted by atomic mass is 9.51. The number of carbonyl (C=O) groups excluding carboxylic acids is 3. The third-order valence-corrected chi connectivity index (χ3v) is 9.12. The van der Waals surface area contributed by atoms with Gasteiger partial charge in [0.1, 0.15) is 0 Å². The summed E-state index contributed by atoms with van der Waals surface area (Å²) < 4.78 is 5.71. The van der Waals surface area contributed by atoms with Gasteiger partial charge in [-0.1, -0.05) is 24.6 Å². The summed E-state index contributed by atoms with van der Waals surface area (Å²) in [4.78, 5) is 36.7. The lowest BCUT2D eigenvalue weighted by molar-refractivity contribution is -0.172. The minimum absolute atomic E-state index is 0.0307. The van der Waals surface area contributed by atoms with E-state index in [9.17, 15) is 14.4 Å². The molecular weight excluding hydrogens is 376 g/mol. The first kappa shape index (κ1) is 18.6. The van der Waals surface area contributed by atoms with Crippen molar-refractivity contribution in [2.45, 2.75) is 58.5 Å². The van der Waals surface area contributed by atoms with Crippen molar-refractivity contribution in [2.24, 2.45) is 40.9 Å². The molecule has 0 bridgehead atoms. The number of rotatable bonds is 2. The van der Waals surface area contributed by atoms with E-state index in [2.05, 4.69) is 13.0 Å². The fourth-order valence-corrected chi connectivity index (χ4v) is 7.94. The summed E-state index contributed by atoms with van der Waals surface area (Å²) in [6, 6.07) is 0. The van der Waals surface area contributed by atoms with Crippen LogP contribution in [0, 0.1) is 40.9 Å². The molecule has 5 aliphatic carbocycles. The number of fused-ring (bicyclic) bond motifs is 7. The monoisotopic (exact) mass is 402 g/mol. The van der Waals surface area contributed by atoms with Gasteiger partial charge in [0.05, 0.1) is 0 Å². The average Bonchev–Trinajstić information content (AvgIpc) is 3.36. The smallest absolute Gasteiger partial charge is 0.303 e. The van der Waals surface area contributed by atoms with Crippen LogP contribution in [-0.4, -0.2) is 23.1 Å². The zero-order chi connectivity index (χ0) is 20.0. The normalized spacial score (nSPS) is 48.4. The molecule has 0 amide bonds. The van der Waals surface area contributed by atoms with Crippen LogP contribution in [0.5, 0.6) is 0 Å². The zero-order valence-electron chi connectivity index (χ0n) is 16.7. The highest BCUT2D eigenvalue weighted by Gasteiger charge is 2.66. The maximum absolute atomic E-state index is 12.6. The van der Waals surface area contributed by atoms with E-state index < -0.39 is 5.60 Å². The highest BCUT2D eigenvalue weighted by molar-refractivity contribution is 6.32. The zero-order valence-corrected chi connectivity index (χ0v) is 17.4. The summed E-state index contributed by atoms with van der Waals surface area (Å²) in [5.74, 6) is 1.48. The Bertz CT molecular complexity index is 857. The largest absolute Gasteiger partial charge is 0.451 e. The van der Waals surface area contributed by atoms with Crippen molar-refractivity contribution in [1.29, 1.82) is 0 Å². The van der Waals surface area contributed by atoms with Crippen LogP contribution in [0.3, 0.4) is 0 Å². The summed E-state index contributed by atoms with van der Waals surface area (Å²) in [6.07, 6.45) is 8.28. The first-order valence-corrected chi connectivity index (χ1v) is 10.9. The summed E-state index contributed by atoms with van der Waals surface area (Å²) >= 11 is 6.75. The van der Waals surface area contributed by atoms with Crippen LogP contribution in [0.15, 0.2) is 22.8 Å². The Labute approximate surface area is 170 Å². The van der Waals surface area contributed by atoms with Crippen LogP contribution in [-0.2, 0) is 19.1 Å². The first-order valence-electron chi connectivity index (χ1n) is 10.5. The van der Waals surface area contributed by atoms with Crippen LogP contribution in [0.25, 0.3) is 0 Å². The molecule has 5 heteroatoms. The van der Waals surface area contributed by atoms with Crippen LogP contribution < -0.4 is 0 Å². The Kier molecular flexibility index (Phi) is 3.86. The molecule has 4 nitrogen and oxygen atoms in total. The van der Waals surface area contributed by atoms with Gasteiger partial charge < -0.3 is 4.74 Å². The lowest BCUT2D eigenvalue weighted by Crippen LogP contribution is -2.52. The maximum atomic E-state index is 12.6. The number of esters is 1. The van der Waals surface area contributed by atoms with Crippen molar-refractivity contribution in [1.82, 2.24) is 0 Å². The number of hydrogen-bond acceptors (Lipinski definition) is 4. The molecule has 2 unspecified atom stereocenters. The van der Waals surface area contributed by atoms with Crippen LogP contribution in [0.1, 0.15) is 52.9 Å². The van der Waals surface area contributed by atoms with Gasteiger partial charge in [0.15, 0.2) is 17.2 Å². The van der Waals surface area contributed by atoms with Crippen LogP contribution in [0.2, 0.25) is 0 Å². The summed E-state index contributed by atoms with van der Waals surface area (Å²) in [5.41, 5.74) is 0.0142. The third-order valence-electron chi connectivity index (χ3n) is 8.79. The fraction of sp³-hybridized carbons (Fsp3) is 0.696. The quantitative estimate of drug-likeness (QED) is 0.649. The molecule has 0 saturated heterocycles. The van der Waals surface area contributed by atoms with Crippen LogP contribution >= 0.6 is 11.6 Å². The number of hydrogen-bond donors (Lipinski definition) is 0. The SMILES string of the molecule is CC(=O)O[C@]1(C(C)=O)CC[C@@H]2C1CC[C@H]1[C@H]2C=C(Cl)C2=CC(=O)[C@@H]3CC3[C@@]21C. The van der Waals surface area contributed by atoms with Crippen molar-refractivity contribution >= 4 is 29.1 Å². The van der Waals surface area contributed by atoms with Crippen LogP contribution in [0.4, 0.5) is 0 Å². The minimum Gasteiger partial charge on any atom is -0.451 e. The van der Waals surface area contributed by atoms with Gasteiger partial charge in [0.2, 0.25) is 0 Å². The van der Waals surface area contributed by atoms with E-state index in [1.165, 1.54) is 6.92 Å². The van der Waals surface area contributed by atoms with Crippen molar-refractivity contribution < 1.29 is 19.1 Å². The molecule has 0 aliphatic heterocycles. The van der Waals surface area contributed by atoms with E-state index >= 15 is 0 Å². The van der Waals surface area contributed by atoms with Gasteiger partial charge >= 0.3 is 5.97 Å². The third kappa shape index (κ3) is 2.21. The first-order chi connectivity index (χ1) is 13.2. The van der Waals surface area contributed by atoms with Gasteiger partial charge in [0, 0.05) is 29.2 Å². The number of halogens is 1. The van der Waals surface area contributed by atoms with E-state index in [4.69, 9.17) is 16.3 Å². The molecule has 0 aromatic carbocycles. The molecule has 28 heavy (non-hydrogen) atoms. The molecular formula is C23H27ClO4. The number of allylic oxidation sites excluding steroid dienone is 4. The molecule has 150 valence electrons. The molecule has 3 saturated carbocycles. The van der Waals surface area contributed by atoms with Crippen molar-refractivity contribution in [3.05, 3.63) is 22.8 Å². The van der Waals surface area contributed by atoms with Gasteiger partial charge in [-0.3, -0.25) is 14.4 Å². The van der Waals surface area contributed by atoms with Crippen molar-refractivity contribution in [2.75, 3.05) is 0 Å². The lowest BCUT2D eigenvalue weighted by Gasteiger charge is -2.54. The number of carbonyl (C=O) groups is 3. The molecule has 0 heterocycles. The predicted molar refractivity (Wildman–Crippen MR) is 104 cm³/mol. The van der Waals surface area contributed by atoms with Crippen molar-refractivity contribution in [3.8, 4) is 0 Å². The molecule has 0 aromatic heterocycles. The molecule has 5 aliphatic rings. The van der Waals surface area contributed by atoms with Gasteiger partial charge in [-0.2, -0.15) is 0 Å². The Balaban J connectivity index is 1.55. The number of Topliss-reactive ketones (excluding diaryl/α,β-unsaturated/α-hetero) is 1. The summed E-state index contributed by atoms with van der Waals surface area (Å²) in [7, 11) is 0. The average molecular weight is 403 g/mol. The van der Waals surface area contributed by atoms with E-state index in [-0.39, 0.29) is 40.7 Å². The fourth-order valence-electron chi connectivity index (χ4n) is 7.54. The second-order valence-electron chi connectivity index (χ2n) is 9.82.